The Morgan fingerprint density at radius 3 is 2.74 bits per heavy atom. The maximum absolute atomic E-state index is 9.00. The van der Waals surface area contributed by atoms with Crippen LogP contribution in [-0.2, 0) is 7.05 Å². The zero-order valence-electron chi connectivity index (χ0n) is 11.1. The summed E-state index contributed by atoms with van der Waals surface area (Å²) >= 11 is 3.44. The molecule has 0 N–H and O–H groups in total. The molecule has 0 spiro atoms. The van der Waals surface area contributed by atoms with Crippen LogP contribution in [0.4, 0.5) is 0 Å². The Kier molecular flexibility index (Phi) is 3.91. The third kappa shape index (κ3) is 2.49. The molecule has 2 aromatic rings. The van der Waals surface area contributed by atoms with Crippen molar-refractivity contribution in [2.75, 3.05) is 6.61 Å². The second-order valence-corrected chi connectivity index (χ2v) is 4.95. The summed E-state index contributed by atoms with van der Waals surface area (Å²) in [7, 11) is 1.83. The van der Waals surface area contributed by atoms with Gasteiger partial charge in [0.2, 0.25) is 0 Å². The number of aromatic nitrogens is 2. The summed E-state index contributed by atoms with van der Waals surface area (Å²) in [5.41, 5.74) is 3.35. The molecule has 4 nitrogen and oxygen atoms in total. The number of hydrogen-bond donors (Lipinski definition) is 0. The molecule has 2 rings (SSSR count). The highest BCUT2D eigenvalue weighted by Gasteiger charge is 2.15. The van der Waals surface area contributed by atoms with E-state index in [2.05, 4.69) is 27.1 Å². The van der Waals surface area contributed by atoms with E-state index in [0.717, 1.165) is 27.0 Å². The van der Waals surface area contributed by atoms with E-state index in [9.17, 15) is 0 Å². The molecule has 1 heterocycles. The van der Waals surface area contributed by atoms with Gasteiger partial charge in [-0.1, -0.05) is 0 Å². The van der Waals surface area contributed by atoms with E-state index in [1.807, 2.05) is 39.1 Å². The van der Waals surface area contributed by atoms with Crippen molar-refractivity contribution in [2.45, 2.75) is 13.8 Å². The predicted octanol–water partition coefficient (Wildman–Crippen LogP) is 3.43. The molecule has 1 aromatic heterocycles. The van der Waals surface area contributed by atoms with Gasteiger partial charge in [0.05, 0.1) is 16.8 Å². The molecule has 0 bridgehead atoms. The molecule has 0 aliphatic heterocycles. The number of nitrogens with zero attached hydrogens (tertiary/aromatic N) is 3. The normalized spacial score (nSPS) is 10.3. The highest BCUT2D eigenvalue weighted by Crippen LogP contribution is 2.32. The summed E-state index contributed by atoms with van der Waals surface area (Å²) in [6, 6.07) is 8.02. The average Bonchev–Trinajstić information content (AvgIpc) is 2.67. The van der Waals surface area contributed by atoms with Crippen molar-refractivity contribution in [3.8, 4) is 23.1 Å². The molecule has 0 saturated carbocycles. The van der Waals surface area contributed by atoms with Crippen molar-refractivity contribution in [3.05, 3.63) is 33.9 Å². The molecule has 0 aliphatic rings. The molecule has 0 fully saturated rings. The Morgan fingerprint density at radius 1 is 1.47 bits per heavy atom. The molecule has 5 heteroatoms. The number of rotatable bonds is 3. The Morgan fingerprint density at radius 2 is 2.21 bits per heavy atom. The minimum Gasteiger partial charge on any atom is -0.494 e. The number of nitriles is 1. The third-order valence-electron chi connectivity index (χ3n) is 2.84. The lowest BCUT2D eigenvalue weighted by Gasteiger charge is -2.09. The fourth-order valence-corrected chi connectivity index (χ4v) is 2.65. The molecule has 0 amide bonds. The molecular weight excluding hydrogens is 306 g/mol. The number of hydrogen-bond acceptors (Lipinski definition) is 3. The Bertz CT molecular complexity index is 655. The van der Waals surface area contributed by atoms with Gasteiger partial charge >= 0.3 is 0 Å². The highest BCUT2D eigenvalue weighted by molar-refractivity contribution is 9.10. The zero-order valence-corrected chi connectivity index (χ0v) is 12.7. The van der Waals surface area contributed by atoms with Gasteiger partial charge < -0.3 is 4.74 Å². The first-order valence-electron chi connectivity index (χ1n) is 5.94. The van der Waals surface area contributed by atoms with Crippen LogP contribution < -0.4 is 4.74 Å². The van der Waals surface area contributed by atoms with Crippen molar-refractivity contribution in [1.29, 1.82) is 5.26 Å². The maximum atomic E-state index is 9.00. The van der Waals surface area contributed by atoms with Gasteiger partial charge in [-0.2, -0.15) is 10.4 Å². The van der Waals surface area contributed by atoms with Crippen LogP contribution in [-0.4, -0.2) is 16.4 Å². The molecular formula is C14H14BrN3O. The summed E-state index contributed by atoms with van der Waals surface area (Å²) in [4.78, 5) is 0. The van der Waals surface area contributed by atoms with E-state index < -0.39 is 0 Å². The maximum Gasteiger partial charge on any atom is 0.177 e. The van der Waals surface area contributed by atoms with Crippen LogP contribution in [0.5, 0.6) is 5.75 Å². The Hall–Kier alpha value is -1.80. The van der Waals surface area contributed by atoms with Crippen molar-refractivity contribution in [2.24, 2.45) is 7.05 Å². The molecule has 0 aliphatic carbocycles. The van der Waals surface area contributed by atoms with E-state index in [1.54, 1.807) is 4.68 Å². The van der Waals surface area contributed by atoms with Crippen molar-refractivity contribution < 1.29 is 4.74 Å². The van der Waals surface area contributed by atoms with Crippen LogP contribution in [0.25, 0.3) is 11.3 Å². The number of halogens is 1. The monoisotopic (exact) mass is 319 g/mol. The molecule has 0 unspecified atom stereocenters. The summed E-state index contributed by atoms with van der Waals surface area (Å²) < 4.78 is 7.96. The molecule has 0 saturated heterocycles. The van der Waals surface area contributed by atoms with Gasteiger partial charge in [-0.05, 0) is 53.5 Å². The first-order chi connectivity index (χ1) is 9.08. The van der Waals surface area contributed by atoms with E-state index in [0.29, 0.717) is 12.3 Å². The molecule has 98 valence electrons. The lowest BCUT2D eigenvalue weighted by atomic mass is 10.1. The first-order valence-corrected chi connectivity index (χ1v) is 6.74. The second kappa shape index (κ2) is 5.45. The quantitative estimate of drug-likeness (QED) is 0.870. The lowest BCUT2D eigenvalue weighted by Crippen LogP contribution is -1.97. The predicted molar refractivity (Wildman–Crippen MR) is 77.0 cm³/mol. The number of aryl methyl sites for hydroxylation is 2. The van der Waals surface area contributed by atoms with E-state index in [-0.39, 0.29) is 0 Å². The zero-order chi connectivity index (χ0) is 14.0. The molecule has 1 aromatic carbocycles. The molecule has 19 heavy (non-hydrogen) atoms. The van der Waals surface area contributed by atoms with Crippen molar-refractivity contribution >= 4 is 15.9 Å². The van der Waals surface area contributed by atoms with Gasteiger partial charge in [0.15, 0.2) is 5.69 Å². The third-order valence-corrected chi connectivity index (χ3v) is 3.59. The highest BCUT2D eigenvalue weighted by atomic mass is 79.9. The minimum atomic E-state index is 0.393. The van der Waals surface area contributed by atoms with E-state index >= 15 is 0 Å². The minimum absolute atomic E-state index is 0.393. The van der Waals surface area contributed by atoms with Gasteiger partial charge in [-0.25, -0.2) is 0 Å². The number of ether oxygens (including phenoxy) is 1. The van der Waals surface area contributed by atoms with Crippen molar-refractivity contribution in [1.82, 2.24) is 9.78 Å². The summed E-state index contributed by atoms with van der Waals surface area (Å²) in [5.74, 6) is 0.880. The lowest BCUT2D eigenvalue weighted by molar-refractivity contribution is 0.338. The fourth-order valence-electron chi connectivity index (χ4n) is 2.00. The summed E-state index contributed by atoms with van der Waals surface area (Å²) in [5, 5.41) is 13.2. The number of benzene rings is 1. The van der Waals surface area contributed by atoms with E-state index in [4.69, 9.17) is 10.00 Å². The van der Waals surface area contributed by atoms with Gasteiger partial charge in [0.1, 0.15) is 11.8 Å². The van der Waals surface area contributed by atoms with Crippen LogP contribution in [0.3, 0.4) is 0 Å². The summed E-state index contributed by atoms with van der Waals surface area (Å²) in [6.07, 6.45) is 0. The van der Waals surface area contributed by atoms with Crippen LogP contribution in [0.2, 0.25) is 0 Å². The topological polar surface area (TPSA) is 50.8 Å². The summed E-state index contributed by atoms with van der Waals surface area (Å²) in [6.45, 7) is 4.61. The van der Waals surface area contributed by atoms with Crippen LogP contribution in [0.15, 0.2) is 22.7 Å². The van der Waals surface area contributed by atoms with Crippen LogP contribution >= 0.6 is 15.9 Å². The van der Waals surface area contributed by atoms with E-state index in [1.165, 1.54) is 0 Å². The van der Waals surface area contributed by atoms with Crippen molar-refractivity contribution in [3.63, 3.8) is 0 Å². The fraction of sp³-hybridized carbons (Fsp3) is 0.286. The second-order valence-electron chi connectivity index (χ2n) is 4.16. The van der Waals surface area contributed by atoms with Gasteiger partial charge in [0.25, 0.3) is 0 Å². The molecule has 0 atom stereocenters. The average molecular weight is 320 g/mol. The van der Waals surface area contributed by atoms with Gasteiger partial charge in [-0.15, -0.1) is 0 Å². The van der Waals surface area contributed by atoms with Crippen LogP contribution in [0.1, 0.15) is 18.2 Å². The SMILES string of the molecule is CCOc1ccc(-c2c(Br)c(C#N)nn2C)cc1C. The smallest absolute Gasteiger partial charge is 0.177 e. The van der Waals surface area contributed by atoms with Gasteiger partial charge in [-0.3, -0.25) is 4.68 Å². The largest absolute Gasteiger partial charge is 0.494 e. The Balaban J connectivity index is 2.52. The first kappa shape index (κ1) is 13.6. The standard InChI is InChI=1S/C14H14BrN3O/c1-4-19-12-6-5-10(7-9(12)2)14-13(15)11(8-16)17-18(14)3/h5-7H,4H2,1-3H3. The van der Waals surface area contributed by atoms with Gasteiger partial charge in [0, 0.05) is 12.6 Å². The van der Waals surface area contributed by atoms with Crippen LogP contribution in [0, 0.1) is 18.3 Å². The molecule has 0 radical (unpaired) electrons. The Labute approximate surface area is 120 Å².